The molecule has 1 aliphatic carbocycles. The van der Waals surface area contributed by atoms with Crippen molar-refractivity contribution in [3.8, 4) is 5.75 Å². The molecule has 1 amide bonds. The van der Waals surface area contributed by atoms with Gasteiger partial charge in [0.25, 0.3) is 0 Å². The van der Waals surface area contributed by atoms with Crippen molar-refractivity contribution in [2.24, 2.45) is 0 Å². The molecular formula is C31H31Cl2NO4. The van der Waals surface area contributed by atoms with Crippen molar-refractivity contribution in [2.75, 3.05) is 17.8 Å². The molecule has 5 nitrogen and oxygen atoms in total. The predicted octanol–water partition coefficient (Wildman–Crippen LogP) is 8.15. The van der Waals surface area contributed by atoms with Crippen LogP contribution in [0.25, 0.3) is 11.1 Å². The quantitative estimate of drug-likeness (QED) is 0.193. The first kappa shape index (κ1) is 27.7. The summed E-state index contributed by atoms with van der Waals surface area (Å²) in [5.41, 5.74) is 6.04. The van der Waals surface area contributed by atoms with Crippen molar-refractivity contribution in [3.05, 3.63) is 94.0 Å². The van der Waals surface area contributed by atoms with E-state index in [2.05, 4.69) is 5.32 Å². The third-order valence-electron chi connectivity index (χ3n) is 6.34. The molecule has 1 N–H and O–H groups in total. The number of halogens is 2. The van der Waals surface area contributed by atoms with E-state index in [0.29, 0.717) is 41.6 Å². The second-order valence-corrected chi connectivity index (χ2v) is 9.90. The van der Waals surface area contributed by atoms with Crippen molar-refractivity contribution in [1.82, 2.24) is 0 Å². The van der Waals surface area contributed by atoms with E-state index in [1.807, 2.05) is 60.7 Å². The van der Waals surface area contributed by atoms with Gasteiger partial charge in [-0.2, -0.15) is 0 Å². The summed E-state index contributed by atoms with van der Waals surface area (Å²) in [6.07, 6.45) is 3.51. The van der Waals surface area contributed by atoms with E-state index < -0.39 is 5.97 Å². The number of hydrogen-bond donors (Lipinski definition) is 1. The molecule has 0 fully saturated rings. The molecule has 0 radical (unpaired) electrons. The van der Waals surface area contributed by atoms with Gasteiger partial charge in [0.05, 0.1) is 12.2 Å². The van der Waals surface area contributed by atoms with Crippen LogP contribution in [0.15, 0.2) is 66.7 Å². The van der Waals surface area contributed by atoms with E-state index in [4.69, 9.17) is 32.7 Å². The van der Waals surface area contributed by atoms with Crippen LogP contribution in [0.2, 0.25) is 5.02 Å². The number of rotatable bonds is 11. The number of ether oxygens (including phenoxy) is 2. The van der Waals surface area contributed by atoms with Gasteiger partial charge >= 0.3 is 5.97 Å². The van der Waals surface area contributed by atoms with Gasteiger partial charge in [0.2, 0.25) is 5.91 Å². The molecule has 198 valence electrons. The van der Waals surface area contributed by atoms with Crippen LogP contribution in [0.1, 0.15) is 66.1 Å². The number of hydrogen-bond acceptors (Lipinski definition) is 4. The Bertz CT molecular complexity index is 1320. The zero-order chi connectivity index (χ0) is 26.9. The summed E-state index contributed by atoms with van der Waals surface area (Å²) >= 11 is 12.2. The summed E-state index contributed by atoms with van der Waals surface area (Å²) < 4.78 is 11.5. The second-order valence-electron chi connectivity index (χ2n) is 9.09. The van der Waals surface area contributed by atoms with Crippen LogP contribution in [-0.2, 0) is 16.1 Å². The molecule has 0 aliphatic heterocycles. The van der Waals surface area contributed by atoms with Gasteiger partial charge in [-0.3, -0.25) is 4.79 Å². The Labute approximate surface area is 233 Å². The predicted molar refractivity (Wildman–Crippen MR) is 154 cm³/mol. The van der Waals surface area contributed by atoms with Gasteiger partial charge in [-0.1, -0.05) is 41.9 Å². The molecule has 3 aromatic rings. The number of carbonyl (C=O) groups is 2. The normalized spacial score (nSPS) is 12.9. The summed E-state index contributed by atoms with van der Waals surface area (Å²) in [6.45, 7) is 2.47. The largest absolute Gasteiger partial charge is 0.488 e. The number of nitrogens with one attached hydrogen (secondary N) is 1. The summed E-state index contributed by atoms with van der Waals surface area (Å²) in [7, 11) is 0. The molecule has 0 spiro atoms. The topological polar surface area (TPSA) is 64.6 Å². The number of alkyl halides is 1. The first-order valence-electron chi connectivity index (χ1n) is 12.9. The van der Waals surface area contributed by atoms with Gasteiger partial charge in [0, 0.05) is 28.6 Å². The Morgan fingerprint density at radius 3 is 2.53 bits per heavy atom. The molecule has 3 aromatic carbocycles. The van der Waals surface area contributed by atoms with Crippen LogP contribution >= 0.6 is 23.2 Å². The van der Waals surface area contributed by atoms with E-state index in [1.54, 1.807) is 13.0 Å². The standard InChI is InChI=1S/C31H31Cl2NO4/c1-2-37-31(36)23-16-22(17-25(18-23)34-30(35)12-7-15-32)26-10-6-11-27(26)28-19-24(33)13-14-29(28)38-20-21-8-4-3-5-9-21/h3-5,8-9,13-14,16-19H,2,6-7,10-12,15,20H2,1H3,(H,34,35). The van der Waals surface area contributed by atoms with Crippen LogP contribution in [0.5, 0.6) is 5.75 Å². The van der Waals surface area contributed by atoms with Crippen molar-refractivity contribution in [1.29, 1.82) is 0 Å². The fourth-order valence-corrected chi connectivity index (χ4v) is 4.92. The fraction of sp³-hybridized carbons (Fsp3) is 0.290. The minimum Gasteiger partial charge on any atom is -0.488 e. The average molecular weight is 552 g/mol. The number of anilines is 1. The zero-order valence-electron chi connectivity index (χ0n) is 21.4. The van der Waals surface area contributed by atoms with Gasteiger partial charge in [-0.15, -0.1) is 11.6 Å². The van der Waals surface area contributed by atoms with Gasteiger partial charge < -0.3 is 14.8 Å². The van der Waals surface area contributed by atoms with Gasteiger partial charge in [0.15, 0.2) is 0 Å². The highest BCUT2D eigenvalue weighted by atomic mass is 35.5. The average Bonchev–Trinajstić information content (AvgIpc) is 3.42. The van der Waals surface area contributed by atoms with Crippen LogP contribution in [-0.4, -0.2) is 24.4 Å². The number of benzene rings is 3. The highest BCUT2D eigenvalue weighted by Gasteiger charge is 2.23. The van der Waals surface area contributed by atoms with Crippen LogP contribution in [0, 0.1) is 0 Å². The molecule has 0 aromatic heterocycles. The van der Waals surface area contributed by atoms with Crippen molar-refractivity contribution < 1.29 is 19.1 Å². The molecular weight excluding hydrogens is 521 g/mol. The molecule has 0 heterocycles. The van der Waals surface area contributed by atoms with Crippen molar-refractivity contribution >= 4 is 51.9 Å². The van der Waals surface area contributed by atoms with E-state index in [-0.39, 0.29) is 12.5 Å². The van der Waals surface area contributed by atoms with Crippen molar-refractivity contribution in [2.45, 2.75) is 45.6 Å². The summed E-state index contributed by atoms with van der Waals surface area (Å²) in [6, 6.07) is 21.1. The van der Waals surface area contributed by atoms with E-state index in [0.717, 1.165) is 52.8 Å². The first-order chi connectivity index (χ1) is 18.5. The molecule has 7 heteroatoms. The SMILES string of the molecule is CCOC(=O)c1cc(NC(=O)CCCCl)cc(C2=C(c3cc(Cl)ccc3OCc3ccccc3)CCC2)c1. The highest BCUT2D eigenvalue weighted by molar-refractivity contribution is 6.30. The Morgan fingerprint density at radius 1 is 0.974 bits per heavy atom. The summed E-state index contributed by atoms with van der Waals surface area (Å²) in [5.74, 6) is 0.584. The molecule has 1 aliphatic rings. The lowest BCUT2D eigenvalue weighted by Crippen LogP contribution is -2.13. The maximum absolute atomic E-state index is 12.7. The molecule has 38 heavy (non-hydrogen) atoms. The van der Waals surface area contributed by atoms with Gasteiger partial charge in [-0.05, 0) is 91.3 Å². The van der Waals surface area contributed by atoms with E-state index in [9.17, 15) is 9.59 Å². The monoisotopic (exact) mass is 551 g/mol. The van der Waals surface area contributed by atoms with Crippen molar-refractivity contribution in [3.63, 3.8) is 0 Å². The third kappa shape index (κ3) is 7.18. The molecule has 0 bridgehead atoms. The molecule has 0 saturated heterocycles. The van der Waals surface area contributed by atoms with E-state index in [1.165, 1.54) is 0 Å². The third-order valence-corrected chi connectivity index (χ3v) is 6.84. The number of amides is 1. The molecule has 0 atom stereocenters. The minimum absolute atomic E-state index is 0.148. The Morgan fingerprint density at radius 2 is 1.76 bits per heavy atom. The van der Waals surface area contributed by atoms with E-state index >= 15 is 0 Å². The molecule has 4 rings (SSSR count). The lowest BCUT2D eigenvalue weighted by Gasteiger charge is -2.16. The maximum Gasteiger partial charge on any atom is 0.338 e. The highest BCUT2D eigenvalue weighted by Crippen LogP contribution is 2.44. The molecule has 0 saturated carbocycles. The Hall–Kier alpha value is -3.28. The van der Waals surface area contributed by atoms with Crippen LogP contribution < -0.4 is 10.1 Å². The zero-order valence-corrected chi connectivity index (χ0v) is 22.9. The number of allylic oxidation sites excluding steroid dienone is 2. The second kappa shape index (κ2) is 13.5. The maximum atomic E-state index is 12.7. The van der Waals surface area contributed by atoms with Gasteiger partial charge in [-0.25, -0.2) is 4.79 Å². The lowest BCUT2D eigenvalue weighted by atomic mass is 9.94. The Kier molecular flexibility index (Phi) is 9.85. The fourth-order valence-electron chi connectivity index (χ4n) is 4.62. The molecule has 0 unspecified atom stereocenters. The first-order valence-corrected chi connectivity index (χ1v) is 13.8. The minimum atomic E-state index is -0.430. The summed E-state index contributed by atoms with van der Waals surface area (Å²) in [5, 5.41) is 3.54. The van der Waals surface area contributed by atoms with Gasteiger partial charge in [0.1, 0.15) is 12.4 Å². The van der Waals surface area contributed by atoms with Crippen LogP contribution in [0.3, 0.4) is 0 Å². The Balaban J connectivity index is 1.73. The lowest BCUT2D eigenvalue weighted by molar-refractivity contribution is -0.116. The number of esters is 1. The summed E-state index contributed by atoms with van der Waals surface area (Å²) in [4.78, 5) is 25.1. The number of carbonyl (C=O) groups excluding carboxylic acids is 2. The van der Waals surface area contributed by atoms with Crippen LogP contribution in [0.4, 0.5) is 5.69 Å². The smallest absolute Gasteiger partial charge is 0.338 e.